The number of aliphatic hydroxyl groups is 1. The molecule has 1 spiro atoms. The number of piperidine rings is 2. The van der Waals surface area contributed by atoms with E-state index in [0.717, 1.165) is 31.5 Å². The third-order valence-electron chi connectivity index (χ3n) is 9.54. The topological polar surface area (TPSA) is 137 Å². The van der Waals surface area contributed by atoms with Crippen LogP contribution in [0.5, 0.6) is 0 Å². The van der Waals surface area contributed by atoms with Crippen LogP contribution < -0.4 is 19.8 Å². The Bertz CT molecular complexity index is 1700. The number of amides is 1. The van der Waals surface area contributed by atoms with Crippen molar-refractivity contribution in [1.82, 2.24) is 9.97 Å². The van der Waals surface area contributed by atoms with Gasteiger partial charge in [0, 0.05) is 50.8 Å². The Morgan fingerprint density at radius 2 is 1.65 bits per heavy atom. The molecule has 0 bridgehead atoms. The fourth-order valence-electron chi connectivity index (χ4n) is 6.29. The number of ether oxygens (including phenoxy) is 1. The molecule has 2 aliphatic heterocycles. The van der Waals surface area contributed by atoms with E-state index in [1.54, 1.807) is 30.0 Å². The highest BCUT2D eigenvalue weighted by molar-refractivity contribution is 7.93. The first-order valence-corrected chi connectivity index (χ1v) is 17.9. The SMILES string of the molecule is Cc1cc(NC(=O)c2ccc(NS(=O)(=O)C(CO)COCc3ccccc3)cc2N2CCC3(CC2)CC3)nc(N2CCC(F)(F)CC2)n1. The summed E-state index contributed by atoms with van der Waals surface area (Å²) in [6.07, 6.45) is 3.79. The van der Waals surface area contributed by atoms with Gasteiger partial charge in [0.15, 0.2) is 0 Å². The van der Waals surface area contributed by atoms with Crippen LogP contribution in [0, 0.1) is 12.3 Å². The molecular formula is C34H42F2N6O5S. The number of hydrogen-bond acceptors (Lipinski definition) is 9. The highest BCUT2D eigenvalue weighted by Gasteiger charge is 2.44. The van der Waals surface area contributed by atoms with Crippen molar-refractivity contribution >= 4 is 39.1 Å². The van der Waals surface area contributed by atoms with Gasteiger partial charge in [-0.05, 0) is 61.8 Å². The maximum Gasteiger partial charge on any atom is 0.258 e. The summed E-state index contributed by atoms with van der Waals surface area (Å²) in [6, 6.07) is 15.7. The summed E-state index contributed by atoms with van der Waals surface area (Å²) < 4.78 is 62.4. The van der Waals surface area contributed by atoms with Crippen LogP contribution in [0.2, 0.25) is 0 Å². The minimum atomic E-state index is -4.06. The van der Waals surface area contributed by atoms with Crippen LogP contribution in [0.25, 0.3) is 0 Å². The Morgan fingerprint density at radius 3 is 2.31 bits per heavy atom. The van der Waals surface area contributed by atoms with Gasteiger partial charge in [-0.15, -0.1) is 0 Å². The quantitative estimate of drug-likeness (QED) is 0.242. The zero-order valence-electron chi connectivity index (χ0n) is 27.0. The van der Waals surface area contributed by atoms with Crippen molar-refractivity contribution in [3.8, 4) is 0 Å². The van der Waals surface area contributed by atoms with E-state index in [2.05, 4.69) is 24.9 Å². The molecule has 11 nitrogen and oxygen atoms in total. The van der Waals surface area contributed by atoms with Crippen LogP contribution in [0.3, 0.4) is 0 Å². The molecule has 48 heavy (non-hydrogen) atoms. The molecule has 3 aliphatic rings. The second-order valence-corrected chi connectivity index (χ2v) is 15.1. The van der Waals surface area contributed by atoms with Gasteiger partial charge in [0.05, 0.1) is 36.8 Å². The number of halogens is 2. The summed E-state index contributed by atoms with van der Waals surface area (Å²) in [6.45, 7) is 2.78. The van der Waals surface area contributed by atoms with Crippen LogP contribution >= 0.6 is 0 Å². The Balaban J connectivity index is 1.20. The molecule has 6 rings (SSSR count). The van der Waals surface area contributed by atoms with E-state index < -0.39 is 33.7 Å². The van der Waals surface area contributed by atoms with Gasteiger partial charge in [-0.25, -0.2) is 22.2 Å². The smallest absolute Gasteiger partial charge is 0.258 e. The van der Waals surface area contributed by atoms with E-state index in [0.29, 0.717) is 22.4 Å². The lowest BCUT2D eigenvalue weighted by molar-refractivity contribution is -0.0222. The summed E-state index contributed by atoms with van der Waals surface area (Å²) in [5.74, 6) is -2.63. The first-order valence-electron chi connectivity index (χ1n) is 16.4. The number of hydrogen-bond donors (Lipinski definition) is 3. The lowest BCUT2D eigenvalue weighted by atomic mass is 9.93. The molecule has 1 saturated carbocycles. The molecule has 1 atom stereocenters. The molecule has 3 heterocycles. The predicted molar refractivity (Wildman–Crippen MR) is 180 cm³/mol. The number of carbonyl (C=O) groups excluding carboxylic acids is 1. The van der Waals surface area contributed by atoms with Crippen molar-refractivity contribution in [3.63, 3.8) is 0 Å². The van der Waals surface area contributed by atoms with E-state index in [9.17, 15) is 27.1 Å². The number of aliphatic hydroxyl groups excluding tert-OH is 1. The molecule has 3 aromatic rings. The first-order chi connectivity index (χ1) is 22.9. The van der Waals surface area contributed by atoms with E-state index in [1.807, 2.05) is 30.3 Å². The van der Waals surface area contributed by atoms with E-state index in [1.165, 1.54) is 18.9 Å². The average molecular weight is 685 g/mol. The zero-order valence-corrected chi connectivity index (χ0v) is 27.8. The summed E-state index contributed by atoms with van der Waals surface area (Å²) in [4.78, 5) is 26.5. The Labute approximate surface area is 279 Å². The van der Waals surface area contributed by atoms with Crippen LogP contribution in [-0.4, -0.2) is 80.0 Å². The number of alkyl halides is 2. The predicted octanol–water partition coefficient (Wildman–Crippen LogP) is 4.97. The molecule has 1 aliphatic carbocycles. The first kappa shape index (κ1) is 34.0. The number of sulfonamides is 1. The van der Waals surface area contributed by atoms with E-state index in [4.69, 9.17) is 4.74 Å². The van der Waals surface area contributed by atoms with E-state index >= 15 is 0 Å². The molecule has 258 valence electrons. The molecule has 14 heteroatoms. The number of carbonyl (C=O) groups is 1. The highest BCUT2D eigenvalue weighted by Crippen LogP contribution is 2.54. The lowest BCUT2D eigenvalue weighted by Crippen LogP contribution is -2.40. The monoisotopic (exact) mass is 684 g/mol. The molecule has 3 fully saturated rings. The van der Waals surface area contributed by atoms with Crippen LogP contribution in [-0.2, 0) is 21.4 Å². The fraction of sp³-hybridized carbons (Fsp3) is 0.500. The standard InChI is InChI=1S/C34H42F2N6O5S/c1-24-19-30(39-32(37-24)42-17-13-34(35,36)14-18-42)38-31(44)28-8-7-26(20-29(28)41-15-11-33(9-10-33)12-16-41)40-48(45,46)27(21-43)23-47-22-25-5-3-2-4-6-25/h2-8,19-20,27,40,43H,9-18,21-23H2,1H3,(H,37,38,39,44). The number of nitrogens with one attached hydrogen (secondary N) is 2. The van der Waals surface area contributed by atoms with Crippen LogP contribution in [0.15, 0.2) is 54.6 Å². The minimum Gasteiger partial charge on any atom is -0.395 e. The van der Waals surface area contributed by atoms with Gasteiger partial charge >= 0.3 is 0 Å². The van der Waals surface area contributed by atoms with Gasteiger partial charge in [0.25, 0.3) is 11.8 Å². The van der Waals surface area contributed by atoms with Gasteiger partial charge in [-0.2, -0.15) is 4.98 Å². The van der Waals surface area contributed by atoms with Crippen molar-refractivity contribution < 1.29 is 31.8 Å². The van der Waals surface area contributed by atoms with Gasteiger partial charge in [-0.3, -0.25) is 9.52 Å². The van der Waals surface area contributed by atoms with Gasteiger partial charge in [-0.1, -0.05) is 30.3 Å². The van der Waals surface area contributed by atoms with Gasteiger partial charge in [0.1, 0.15) is 11.1 Å². The summed E-state index contributed by atoms with van der Waals surface area (Å²) >= 11 is 0. The molecule has 1 amide bonds. The van der Waals surface area contributed by atoms with Crippen molar-refractivity contribution in [2.75, 3.05) is 59.2 Å². The molecular weight excluding hydrogens is 642 g/mol. The maximum atomic E-state index is 13.8. The number of aryl methyl sites for hydroxylation is 1. The van der Waals surface area contributed by atoms with Gasteiger partial charge < -0.3 is 25.0 Å². The summed E-state index contributed by atoms with van der Waals surface area (Å²) in [7, 11) is -4.06. The molecule has 3 N–H and O–H groups in total. The Kier molecular flexibility index (Phi) is 9.86. The summed E-state index contributed by atoms with van der Waals surface area (Å²) in [5, 5.41) is 11.6. The lowest BCUT2D eigenvalue weighted by Gasteiger charge is -2.35. The molecule has 2 aromatic carbocycles. The molecule has 1 aromatic heterocycles. The maximum absolute atomic E-state index is 13.8. The molecule has 0 radical (unpaired) electrons. The van der Waals surface area contributed by atoms with Crippen molar-refractivity contribution in [3.05, 3.63) is 71.4 Å². The normalized spacial score (nSPS) is 19.2. The average Bonchev–Trinajstić information content (AvgIpc) is 3.81. The minimum absolute atomic E-state index is 0.109. The highest BCUT2D eigenvalue weighted by atomic mass is 32.2. The zero-order chi connectivity index (χ0) is 33.9. The molecule has 2 saturated heterocycles. The van der Waals surface area contributed by atoms with E-state index in [-0.39, 0.29) is 56.6 Å². The number of rotatable bonds is 12. The van der Waals surface area contributed by atoms with Crippen LogP contribution in [0.1, 0.15) is 60.1 Å². The van der Waals surface area contributed by atoms with Crippen molar-refractivity contribution in [2.24, 2.45) is 5.41 Å². The number of benzene rings is 2. The van der Waals surface area contributed by atoms with Crippen molar-refractivity contribution in [2.45, 2.75) is 63.2 Å². The summed E-state index contributed by atoms with van der Waals surface area (Å²) in [5.41, 5.74) is 3.02. The second kappa shape index (κ2) is 13.9. The second-order valence-electron chi connectivity index (χ2n) is 13.2. The fourth-order valence-corrected chi connectivity index (χ4v) is 7.39. The van der Waals surface area contributed by atoms with Gasteiger partial charge in [0.2, 0.25) is 16.0 Å². The van der Waals surface area contributed by atoms with Crippen LogP contribution in [0.4, 0.5) is 31.9 Å². The number of nitrogens with zero attached hydrogens (tertiary/aromatic N) is 4. The molecule has 1 unspecified atom stereocenters. The Morgan fingerprint density at radius 1 is 0.958 bits per heavy atom. The third-order valence-corrected chi connectivity index (χ3v) is 11.2. The largest absolute Gasteiger partial charge is 0.395 e. The number of aromatic nitrogens is 2. The Hall–Kier alpha value is -3.88. The van der Waals surface area contributed by atoms with Crippen molar-refractivity contribution in [1.29, 1.82) is 0 Å². The number of anilines is 4. The third kappa shape index (κ3) is 8.21.